The van der Waals surface area contributed by atoms with Crippen molar-refractivity contribution in [3.05, 3.63) is 65.7 Å². The number of aromatic hydroxyl groups is 1. The van der Waals surface area contributed by atoms with Gasteiger partial charge in [0.1, 0.15) is 18.4 Å². The molecule has 0 amide bonds. The zero-order valence-corrected chi connectivity index (χ0v) is 11.0. The Morgan fingerprint density at radius 1 is 1.10 bits per heavy atom. The number of hydrogen-bond donors (Lipinski definition) is 2. The quantitative estimate of drug-likeness (QED) is 0.816. The van der Waals surface area contributed by atoms with Gasteiger partial charge in [-0.1, -0.05) is 42.5 Å². The number of nitrogens with two attached hydrogens (primary N) is 1. The highest BCUT2D eigenvalue weighted by Gasteiger charge is 2.15. The summed E-state index contributed by atoms with van der Waals surface area (Å²) in [6.45, 7) is 0.216. The van der Waals surface area contributed by atoms with Crippen molar-refractivity contribution in [3.8, 4) is 5.75 Å². The van der Waals surface area contributed by atoms with Crippen LogP contribution in [0.25, 0.3) is 0 Å². The van der Waals surface area contributed by atoms with Gasteiger partial charge in [-0.2, -0.15) is 0 Å². The monoisotopic (exact) mass is 271 g/mol. The first-order chi connectivity index (χ1) is 9.65. The van der Waals surface area contributed by atoms with E-state index in [1.807, 2.05) is 36.4 Å². The lowest BCUT2D eigenvalue weighted by Gasteiger charge is -2.12. The molecular formula is C16H17NO3. The third-order valence-corrected chi connectivity index (χ3v) is 2.89. The lowest BCUT2D eigenvalue weighted by atomic mass is 10.1. The molecule has 0 spiro atoms. The maximum Gasteiger partial charge on any atom is 0.323 e. The number of hydrogen-bond acceptors (Lipinski definition) is 4. The molecule has 0 heterocycles. The zero-order chi connectivity index (χ0) is 14.4. The van der Waals surface area contributed by atoms with Gasteiger partial charge in [-0.25, -0.2) is 0 Å². The standard InChI is InChI=1S/C16H17NO3/c17-15(10-13-7-4-8-14(18)9-13)16(19)20-11-12-5-2-1-3-6-12/h1-9,15,18H,10-11,17H2/t15-/m1/s1. The molecule has 0 unspecified atom stereocenters. The second kappa shape index (κ2) is 6.73. The lowest BCUT2D eigenvalue weighted by Crippen LogP contribution is -2.34. The summed E-state index contributed by atoms with van der Waals surface area (Å²) in [4.78, 5) is 11.8. The van der Waals surface area contributed by atoms with E-state index in [2.05, 4.69) is 0 Å². The molecule has 0 aliphatic heterocycles. The summed E-state index contributed by atoms with van der Waals surface area (Å²) in [5, 5.41) is 9.36. The Kier molecular flexibility index (Phi) is 4.74. The minimum Gasteiger partial charge on any atom is -0.508 e. The summed E-state index contributed by atoms with van der Waals surface area (Å²) in [7, 11) is 0. The summed E-state index contributed by atoms with van der Waals surface area (Å²) in [6.07, 6.45) is 0.335. The summed E-state index contributed by atoms with van der Waals surface area (Å²) in [5.41, 5.74) is 7.53. The van der Waals surface area contributed by atoms with Crippen molar-refractivity contribution >= 4 is 5.97 Å². The van der Waals surface area contributed by atoms with Gasteiger partial charge in [0.15, 0.2) is 0 Å². The molecule has 20 heavy (non-hydrogen) atoms. The van der Waals surface area contributed by atoms with Crippen LogP contribution in [0.3, 0.4) is 0 Å². The molecule has 0 radical (unpaired) electrons. The topological polar surface area (TPSA) is 72.5 Å². The Morgan fingerprint density at radius 3 is 2.50 bits per heavy atom. The van der Waals surface area contributed by atoms with Gasteiger partial charge in [-0.15, -0.1) is 0 Å². The fraction of sp³-hybridized carbons (Fsp3) is 0.188. The van der Waals surface area contributed by atoms with E-state index in [4.69, 9.17) is 10.5 Å². The smallest absolute Gasteiger partial charge is 0.323 e. The van der Waals surface area contributed by atoms with E-state index >= 15 is 0 Å². The van der Waals surface area contributed by atoms with Gasteiger partial charge < -0.3 is 15.6 Å². The zero-order valence-electron chi connectivity index (χ0n) is 11.0. The number of carbonyl (C=O) groups excluding carboxylic acids is 1. The first-order valence-corrected chi connectivity index (χ1v) is 6.39. The predicted octanol–water partition coefficient (Wildman–Crippen LogP) is 2.01. The van der Waals surface area contributed by atoms with Crippen molar-refractivity contribution in [2.75, 3.05) is 0 Å². The van der Waals surface area contributed by atoms with Gasteiger partial charge in [0.2, 0.25) is 0 Å². The van der Waals surface area contributed by atoms with Crippen LogP contribution in [0.2, 0.25) is 0 Å². The molecule has 2 aromatic carbocycles. The third kappa shape index (κ3) is 4.10. The number of carbonyl (C=O) groups is 1. The third-order valence-electron chi connectivity index (χ3n) is 2.89. The van der Waals surface area contributed by atoms with E-state index in [1.165, 1.54) is 0 Å². The molecule has 0 saturated carbocycles. The van der Waals surface area contributed by atoms with Gasteiger partial charge in [-0.3, -0.25) is 4.79 Å². The predicted molar refractivity (Wildman–Crippen MR) is 76.0 cm³/mol. The highest BCUT2D eigenvalue weighted by atomic mass is 16.5. The second-order valence-electron chi connectivity index (χ2n) is 4.57. The Bertz CT molecular complexity index is 569. The van der Waals surface area contributed by atoms with Crippen LogP contribution in [0.1, 0.15) is 11.1 Å². The van der Waals surface area contributed by atoms with Gasteiger partial charge in [0, 0.05) is 0 Å². The van der Waals surface area contributed by atoms with Crippen LogP contribution in [-0.4, -0.2) is 17.1 Å². The summed E-state index contributed by atoms with van der Waals surface area (Å²) >= 11 is 0. The minimum absolute atomic E-state index is 0.160. The minimum atomic E-state index is -0.736. The van der Waals surface area contributed by atoms with Crippen molar-refractivity contribution in [3.63, 3.8) is 0 Å². The summed E-state index contributed by atoms with van der Waals surface area (Å²) in [6, 6.07) is 15.4. The number of phenolic OH excluding ortho intramolecular Hbond substituents is 1. The molecule has 104 valence electrons. The number of rotatable bonds is 5. The van der Waals surface area contributed by atoms with E-state index in [0.717, 1.165) is 11.1 Å². The molecule has 2 aromatic rings. The molecule has 0 aromatic heterocycles. The molecule has 0 aliphatic rings. The largest absolute Gasteiger partial charge is 0.508 e. The maximum absolute atomic E-state index is 11.8. The van der Waals surface area contributed by atoms with Crippen LogP contribution in [0.15, 0.2) is 54.6 Å². The Morgan fingerprint density at radius 2 is 1.80 bits per heavy atom. The number of benzene rings is 2. The molecule has 0 bridgehead atoms. The molecule has 3 N–H and O–H groups in total. The Hall–Kier alpha value is -2.33. The molecule has 1 atom stereocenters. The van der Waals surface area contributed by atoms with Crippen LogP contribution in [0.4, 0.5) is 0 Å². The molecule has 4 nitrogen and oxygen atoms in total. The molecule has 4 heteroatoms. The van der Waals surface area contributed by atoms with Gasteiger partial charge in [0.25, 0.3) is 0 Å². The van der Waals surface area contributed by atoms with Crippen molar-refractivity contribution in [1.29, 1.82) is 0 Å². The van der Waals surface area contributed by atoms with E-state index in [9.17, 15) is 9.90 Å². The van der Waals surface area contributed by atoms with E-state index in [0.29, 0.717) is 6.42 Å². The summed E-state index contributed by atoms with van der Waals surface area (Å²) in [5.74, 6) is -0.287. The van der Waals surface area contributed by atoms with Gasteiger partial charge in [0.05, 0.1) is 0 Å². The highest BCUT2D eigenvalue weighted by molar-refractivity contribution is 5.75. The molecular weight excluding hydrogens is 254 g/mol. The van der Waals surface area contributed by atoms with Crippen LogP contribution >= 0.6 is 0 Å². The average molecular weight is 271 g/mol. The molecule has 0 fully saturated rings. The van der Waals surface area contributed by atoms with Crippen molar-refractivity contribution in [1.82, 2.24) is 0 Å². The van der Waals surface area contributed by atoms with Crippen LogP contribution < -0.4 is 5.73 Å². The molecule has 2 rings (SSSR count). The lowest BCUT2D eigenvalue weighted by molar-refractivity contribution is -0.146. The fourth-order valence-electron chi connectivity index (χ4n) is 1.86. The van der Waals surface area contributed by atoms with Crippen molar-refractivity contribution in [2.24, 2.45) is 5.73 Å². The SMILES string of the molecule is N[C@H](Cc1cccc(O)c1)C(=O)OCc1ccccc1. The van der Waals surface area contributed by atoms with Crippen molar-refractivity contribution < 1.29 is 14.6 Å². The maximum atomic E-state index is 11.8. The van der Waals surface area contributed by atoms with Crippen molar-refractivity contribution in [2.45, 2.75) is 19.1 Å². The highest BCUT2D eigenvalue weighted by Crippen LogP contribution is 2.12. The van der Waals surface area contributed by atoms with E-state index in [1.54, 1.807) is 18.2 Å². The Labute approximate surface area is 117 Å². The van der Waals surface area contributed by atoms with E-state index < -0.39 is 12.0 Å². The Balaban J connectivity index is 1.86. The van der Waals surface area contributed by atoms with Gasteiger partial charge >= 0.3 is 5.97 Å². The average Bonchev–Trinajstić information content (AvgIpc) is 2.46. The number of ether oxygens (including phenoxy) is 1. The van der Waals surface area contributed by atoms with Crippen LogP contribution in [0.5, 0.6) is 5.75 Å². The van der Waals surface area contributed by atoms with Gasteiger partial charge in [-0.05, 0) is 29.7 Å². The number of phenols is 1. The van der Waals surface area contributed by atoms with Crippen LogP contribution in [0, 0.1) is 0 Å². The second-order valence-corrected chi connectivity index (χ2v) is 4.57. The summed E-state index contributed by atoms with van der Waals surface area (Å²) < 4.78 is 5.17. The molecule has 0 saturated heterocycles. The molecule has 0 aliphatic carbocycles. The number of esters is 1. The normalized spacial score (nSPS) is 11.8. The van der Waals surface area contributed by atoms with Crippen LogP contribution in [-0.2, 0) is 22.6 Å². The fourth-order valence-corrected chi connectivity index (χ4v) is 1.86. The first-order valence-electron chi connectivity index (χ1n) is 6.39. The van der Waals surface area contributed by atoms with E-state index in [-0.39, 0.29) is 12.4 Å². The first kappa shape index (κ1) is 14.1.